The average Bonchev–Trinajstić information content (AvgIpc) is 3.13. The molecular formula is C26H19ClINO6S. The number of thioether (sulfide) groups is 1. The number of methoxy groups -OCH3 is 2. The second kappa shape index (κ2) is 11.4. The Kier molecular flexibility index (Phi) is 8.22. The van der Waals surface area contributed by atoms with Gasteiger partial charge in [-0.1, -0.05) is 29.8 Å². The number of amides is 2. The van der Waals surface area contributed by atoms with Gasteiger partial charge in [0.2, 0.25) is 0 Å². The largest absolute Gasteiger partial charge is 0.497 e. The summed E-state index contributed by atoms with van der Waals surface area (Å²) in [7, 11) is 3.00. The van der Waals surface area contributed by atoms with E-state index in [9.17, 15) is 14.4 Å². The van der Waals surface area contributed by atoms with Gasteiger partial charge < -0.3 is 14.2 Å². The highest BCUT2D eigenvalue weighted by molar-refractivity contribution is 14.1. The monoisotopic (exact) mass is 635 g/mol. The summed E-state index contributed by atoms with van der Waals surface area (Å²) in [4.78, 5) is 39.6. The lowest BCUT2D eigenvalue weighted by Crippen LogP contribution is -2.27. The number of nitrogens with zero attached hydrogens (tertiary/aromatic N) is 1. The molecule has 1 saturated heterocycles. The number of hydrogen-bond acceptors (Lipinski definition) is 7. The van der Waals surface area contributed by atoms with E-state index >= 15 is 0 Å². The molecule has 0 bridgehead atoms. The van der Waals surface area contributed by atoms with Crippen molar-refractivity contribution in [2.45, 2.75) is 6.54 Å². The number of hydrogen-bond donors (Lipinski definition) is 0. The van der Waals surface area contributed by atoms with Crippen LogP contribution in [0.15, 0.2) is 65.6 Å². The minimum absolute atomic E-state index is 0.0861. The summed E-state index contributed by atoms with van der Waals surface area (Å²) in [5, 5.41) is 0.109. The first-order chi connectivity index (χ1) is 17.3. The number of carbonyl (C=O) groups excluding carboxylic acids is 3. The van der Waals surface area contributed by atoms with Gasteiger partial charge in [0.1, 0.15) is 5.75 Å². The summed E-state index contributed by atoms with van der Waals surface area (Å²) in [5.74, 6) is 0.226. The molecule has 0 atom stereocenters. The normalized spacial score (nSPS) is 14.3. The van der Waals surface area contributed by atoms with Crippen LogP contribution in [0.2, 0.25) is 5.02 Å². The van der Waals surface area contributed by atoms with Gasteiger partial charge in [0.05, 0.1) is 34.8 Å². The predicted octanol–water partition coefficient (Wildman–Crippen LogP) is 6.42. The number of esters is 1. The van der Waals surface area contributed by atoms with E-state index in [-0.39, 0.29) is 22.4 Å². The number of rotatable bonds is 7. The molecule has 4 rings (SSSR count). The second-order valence-electron chi connectivity index (χ2n) is 7.51. The Morgan fingerprint density at radius 2 is 1.78 bits per heavy atom. The molecule has 0 spiro atoms. The molecule has 0 N–H and O–H groups in total. The Hall–Kier alpha value is -3.02. The van der Waals surface area contributed by atoms with E-state index in [4.69, 9.17) is 25.8 Å². The van der Waals surface area contributed by atoms with Crippen LogP contribution >= 0.6 is 46.0 Å². The molecule has 3 aromatic carbocycles. The molecule has 36 heavy (non-hydrogen) atoms. The van der Waals surface area contributed by atoms with Crippen molar-refractivity contribution in [3.63, 3.8) is 0 Å². The zero-order valence-electron chi connectivity index (χ0n) is 19.1. The molecule has 2 amide bonds. The lowest BCUT2D eigenvalue weighted by Gasteiger charge is -2.14. The molecule has 1 aliphatic heterocycles. The SMILES string of the molecule is COc1ccc(C(=O)Oc2c(I)cc(/C=C3\SC(=O)N(Cc4ccccc4Cl)C3=O)cc2OC)cc1. The summed E-state index contributed by atoms with van der Waals surface area (Å²) in [5.41, 5.74) is 1.65. The van der Waals surface area contributed by atoms with Gasteiger partial charge in [0.25, 0.3) is 11.1 Å². The fraction of sp³-hybridized carbons (Fsp3) is 0.115. The maximum absolute atomic E-state index is 13.0. The van der Waals surface area contributed by atoms with Gasteiger partial charge in [-0.3, -0.25) is 14.5 Å². The van der Waals surface area contributed by atoms with Crippen molar-refractivity contribution in [2.24, 2.45) is 0 Å². The van der Waals surface area contributed by atoms with Crippen molar-refractivity contribution in [3.8, 4) is 17.2 Å². The van der Waals surface area contributed by atoms with Gasteiger partial charge in [0, 0.05) is 5.02 Å². The molecule has 0 saturated carbocycles. The molecule has 1 aliphatic rings. The van der Waals surface area contributed by atoms with Crippen LogP contribution in [0.1, 0.15) is 21.5 Å². The van der Waals surface area contributed by atoms with Crippen LogP contribution in [0.4, 0.5) is 4.79 Å². The number of benzene rings is 3. The fourth-order valence-electron chi connectivity index (χ4n) is 3.39. The van der Waals surface area contributed by atoms with Crippen molar-refractivity contribution >= 4 is 69.1 Å². The Balaban J connectivity index is 1.55. The minimum Gasteiger partial charge on any atom is -0.497 e. The molecule has 10 heteroatoms. The van der Waals surface area contributed by atoms with Crippen LogP contribution in [-0.4, -0.2) is 36.2 Å². The molecule has 7 nitrogen and oxygen atoms in total. The molecule has 3 aromatic rings. The first-order valence-electron chi connectivity index (χ1n) is 10.5. The van der Waals surface area contributed by atoms with Crippen molar-refractivity contribution in [2.75, 3.05) is 14.2 Å². The van der Waals surface area contributed by atoms with E-state index in [2.05, 4.69) is 0 Å². The fourth-order valence-corrected chi connectivity index (χ4v) is 5.15. The van der Waals surface area contributed by atoms with Crippen LogP contribution in [-0.2, 0) is 11.3 Å². The quantitative estimate of drug-likeness (QED) is 0.128. The van der Waals surface area contributed by atoms with Crippen LogP contribution in [0.3, 0.4) is 0 Å². The van der Waals surface area contributed by atoms with Crippen molar-refractivity contribution in [3.05, 3.63) is 90.9 Å². The van der Waals surface area contributed by atoms with Gasteiger partial charge >= 0.3 is 5.97 Å². The lowest BCUT2D eigenvalue weighted by molar-refractivity contribution is -0.123. The van der Waals surface area contributed by atoms with Gasteiger partial charge in [-0.2, -0.15) is 0 Å². The van der Waals surface area contributed by atoms with Crippen molar-refractivity contribution < 1.29 is 28.6 Å². The zero-order chi connectivity index (χ0) is 25.8. The Morgan fingerprint density at radius 1 is 1.06 bits per heavy atom. The van der Waals surface area contributed by atoms with Gasteiger partial charge in [-0.05, 0) is 94.0 Å². The van der Waals surface area contributed by atoms with Crippen LogP contribution in [0.25, 0.3) is 6.08 Å². The lowest BCUT2D eigenvalue weighted by atomic mass is 10.1. The average molecular weight is 636 g/mol. The van der Waals surface area contributed by atoms with E-state index in [0.717, 1.165) is 16.7 Å². The maximum atomic E-state index is 13.0. The summed E-state index contributed by atoms with van der Waals surface area (Å²) in [6, 6.07) is 17.0. The predicted molar refractivity (Wildman–Crippen MR) is 147 cm³/mol. The third kappa shape index (κ3) is 5.69. The van der Waals surface area contributed by atoms with Gasteiger partial charge in [-0.25, -0.2) is 4.79 Å². The first-order valence-corrected chi connectivity index (χ1v) is 12.8. The van der Waals surface area contributed by atoms with Crippen LogP contribution in [0.5, 0.6) is 17.2 Å². The Bertz CT molecular complexity index is 1380. The third-order valence-electron chi connectivity index (χ3n) is 5.23. The standard InChI is InChI=1S/C26H19ClINO6S/c1-33-18-9-7-16(8-10-18)25(31)35-23-20(28)11-15(12-21(23)34-2)13-22-24(30)29(26(32)36-22)14-17-5-3-4-6-19(17)27/h3-13H,14H2,1-2H3/b22-13-. The van der Waals surface area contributed by atoms with E-state index in [0.29, 0.717) is 36.8 Å². The number of carbonyl (C=O) groups is 3. The number of halogens is 2. The summed E-state index contributed by atoms with van der Waals surface area (Å²) in [6.07, 6.45) is 1.61. The number of ether oxygens (including phenoxy) is 3. The van der Waals surface area contributed by atoms with E-state index in [1.807, 2.05) is 22.6 Å². The van der Waals surface area contributed by atoms with E-state index < -0.39 is 11.9 Å². The Labute approximate surface area is 230 Å². The third-order valence-corrected chi connectivity index (χ3v) is 7.31. The van der Waals surface area contributed by atoms with E-state index in [1.165, 1.54) is 7.11 Å². The van der Waals surface area contributed by atoms with Crippen molar-refractivity contribution in [1.29, 1.82) is 0 Å². The molecular weight excluding hydrogens is 617 g/mol. The molecule has 0 aromatic heterocycles. The van der Waals surface area contributed by atoms with Crippen LogP contribution in [0, 0.1) is 3.57 Å². The van der Waals surface area contributed by atoms with Crippen LogP contribution < -0.4 is 14.2 Å². The first kappa shape index (κ1) is 26.1. The summed E-state index contributed by atoms with van der Waals surface area (Å²) < 4.78 is 16.8. The molecule has 0 radical (unpaired) electrons. The maximum Gasteiger partial charge on any atom is 0.343 e. The summed E-state index contributed by atoms with van der Waals surface area (Å²) >= 11 is 9.07. The zero-order valence-corrected chi connectivity index (χ0v) is 22.8. The molecule has 0 unspecified atom stereocenters. The molecule has 1 fully saturated rings. The smallest absolute Gasteiger partial charge is 0.343 e. The van der Waals surface area contributed by atoms with E-state index in [1.54, 1.807) is 73.8 Å². The summed E-state index contributed by atoms with van der Waals surface area (Å²) in [6.45, 7) is 0.0861. The molecule has 0 aliphatic carbocycles. The molecule has 184 valence electrons. The highest BCUT2D eigenvalue weighted by atomic mass is 127. The van der Waals surface area contributed by atoms with Gasteiger partial charge in [0.15, 0.2) is 11.5 Å². The second-order valence-corrected chi connectivity index (χ2v) is 10.1. The Morgan fingerprint density at radius 3 is 2.44 bits per heavy atom. The highest BCUT2D eigenvalue weighted by Gasteiger charge is 2.35. The highest BCUT2D eigenvalue weighted by Crippen LogP contribution is 2.38. The van der Waals surface area contributed by atoms with Crippen molar-refractivity contribution in [1.82, 2.24) is 4.90 Å². The number of imide groups is 1. The topological polar surface area (TPSA) is 82.1 Å². The molecule has 1 heterocycles. The minimum atomic E-state index is -0.553. The van der Waals surface area contributed by atoms with Gasteiger partial charge in [-0.15, -0.1) is 0 Å².